The fraction of sp³-hybridized carbons (Fsp3) is 0.800. The third kappa shape index (κ3) is 3.35. The standard InChI is InChI=1S/C15H28N2O/c1-7-13(8-2)17-10-9-12(16-17)11-15(6,18)14(3,4)5/h9-10,13,18H,7-8,11H2,1-6H3. The Bertz CT molecular complexity index is 370. The van der Waals surface area contributed by atoms with E-state index in [2.05, 4.69) is 39.7 Å². The van der Waals surface area contributed by atoms with E-state index in [0.29, 0.717) is 12.5 Å². The zero-order valence-electron chi connectivity index (χ0n) is 12.7. The highest BCUT2D eigenvalue weighted by Crippen LogP contribution is 2.32. The molecule has 0 bridgehead atoms. The van der Waals surface area contributed by atoms with Crippen LogP contribution in [0.1, 0.15) is 66.1 Å². The van der Waals surface area contributed by atoms with Gasteiger partial charge in [-0.3, -0.25) is 4.68 Å². The third-order valence-electron chi connectivity index (χ3n) is 4.12. The summed E-state index contributed by atoms with van der Waals surface area (Å²) in [6.45, 7) is 12.4. The molecule has 0 saturated heterocycles. The second-order valence-corrected chi connectivity index (χ2v) is 6.46. The molecule has 1 rings (SSSR count). The summed E-state index contributed by atoms with van der Waals surface area (Å²) in [6.07, 6.45) is 4.82. The van der Waals surface area contributed by atoms with Gasteiger partial charge in [0, 0.05) is 12.6 Å². The molecule has 1 N–H and O–H groups in total. The average molecular weight is 252 g/mol. The highest BCUT2D eigenvalue weighted by Gasteiger charge is 2.35. The van der Waals surface area contributed by atoms with Gasteiger partial charge in [-0.1, -0.05) is 34.6 Å². The fourth-order valence-corrected chi connectivity index (χ4v) is 1.96. The third-order valence-corrected chi connectivity index (χ3v) is 4.12. The minimum Gasteiger partial charge on any atom is -0.389 e. The Kier molecular flexibility index (Phi) is 4.60. The van der Waals surface area contributed by atoms with Crippen molar-refractivity contribution in [2.75, 3.05) is 0 Å². The van der Waals surface area contributed by atoms with Gasteiger partial charge in [0.1, 0.15) is 0 Å². The molecule has 0 aliphatic heterocycles. The number of aromatic nitrogens is 2. The zero-order chi connectivity index (χ0) is 14.0. The monoisotopic (exact) mass is 252 g/mol. The molecule has 1 heterocycles. The first-order chi connectivity index (χ1) is 8.21. The van der Waals surface area contributed by atoms with Gasteiger partial charge in [-0.2, -0.15) is 5.10 Å². The number of hydrogen-bond acceptors (Lipinski definition) is 2. The van der Waals surface area contributed by atoms with E-state index in [1.165, 1.54) is 0 Å². The Morgan fingerprint density at radius 1 is 1.22 bits per heavy atom. The van der Waals surface area contributed by atoms with E-state index in [1.54, 1.807) is 0 Å². The average Bonchev–Trinajstić information content (AvgIpc) is 2.66. The molecule has 0 radical (unpaired) electrons. The molecule has 0 aliphatic carbocycles. The molecule has 3 nitrogen and oxygen atoms in total. The van der Waals surface area contributed by atoms with Crippen molar-refractivity contribution in [3.05, 3.63) is 18.0 Å². The van der Waals surface area contributed by atoms with Crippen molar-refractivity contribution >= 4 is 0 Å². The smallest absolute Gasteiger partial charge is 0.0723 e. The SMILES string of the molecule is CCC(CC)n1ccc(CC(C)(O)C(C)(C)C)n1. The van der Waals surface area contributed by atoms with Crippen LogP contribution in [0.25, 0.3) is 0 Å². The molecular formula is C15H28N2O. The van der Waals surface area contributed by atoms with Gasteiger partial charge in [0.2, 0.25) is 0 Å². The van der Waals surface area contributed by atoms with Crippen LogP contribution in [0, 0.1) is 5.41 Å². The molecule has 1 aromatic heterocycles. The predicted molar refractivity (Wildman–Crippen MR) is 75.6 cm³/mol. The minimum atomic E-state index is -0.736. The van der Waals surface area contributed by atoms with E-state index in [1.807, 2.05) is 23.9 Å². The summed E-state index contributed by atoms with van der Waals surface area (Å²) in [5.41, 5.74) is 0.0908. The molecule has 0 amide bonds. The first kappa shape index (κ1) is 15.2. The van der Waals surface area contributed by atoms with Gasteiger partial charge in [0.15, 0.2) is 0 Å². The highest BCUT2D eigenvalue weighted by atomic mass is 16.3. The second kappa shape index (κ2) is 5.43. The van der Waals surface area contributed by atoms with Crippen molar-refractivity contribution in [1.82, 2.24) is 9.78 Å². The predicted octanol–water partition coefficient (Wildman–Crippen LogP) is 3.58. The van der Waals surface area contributed by atoms with E-state index < -0.39 is 5.60 Å². The lowest BCUT2D eigenvalue weighted by atomic mass is 9.75. The Balaban J connectivity index is 2.82. The molecule has 1 atom stereocenters. The molecule has 0 aromatic carbocycles. The minimum absolute atomic E-state index is 0.147. The maximum Gasteiger partial charge on any atom is 0.0723 e. The number of aliphatic hydroxyl groups is 1. The summed E-state index contributed by atoms with van der Waals surface area (Å²) >= 11 is 0. The summed E-state index contributed by atoms with van der Waals surface area (Å²) in [6, 6.07) is 2.50. The van der Waals surface area contributed by atoms with Crippen LogP contribution < -0.4 is 0 Å². The van der Waals surface area contributed by atoms with Crippen molar-refractivity contribution in [1.29, 1.82) is 0 Å². The van der Waals surface area contributed by atoms with Gasteiger partial charge >= 0.3 is 0 Å². The molecule has 0 spiro atoms. The number of rotatable bonds is 5. The molecule has 18 heavy (non-hydrogen) atoms. The topological polar surface area (TPSA) is 38.0 Å². The van der Waals surface area contributed by atoms with E-state index in [0.717, 1.165) is 18.5 Å². The first-order valence-corrected chi connectivity index (χ1v) is 6.97. The van der Waals surface area contributed by atoms with Crippen molar-refractivity contribution in [2.45, 2.75) is 72.4 Å². The molecule has 1 aromatic rings. The summed E-state index contributed by atoms with van der Waals surface area (Å²) in [5, 5.41) is 15.1. The van der Waals surface area contributed by atoms with E-state index in [9.17, 15) is 5.11 Å². The van der Waals surface area contributed by atoms with Gasteiger partial charge in [-0.15, -0.1) is 0 Å². The van der Waals surface area contributed by atoms with Crippen molar-refractivity contribution < 1.29 is 5.11 Å². The Morgan fingerprint density at radius 3 is 2.22 bits per heavy atom. The highest BCUT2D eigenvalue weighted by molar-refractivity contribution is 5.06. The van der Waals surface area contributed by atoms with Crippen LogP contribution in [0.2, 0.25) is 0 Å². The van der Waals surface area contributed by atoms with Crippen LogP contribution in [0.3, 0.4) is 0 Å². The van der Waals surface area contributed by atoms with Gasteiger partial charge in [0.25, 0.3) is 0 Å². The largest absolute Gasteiger partial charge is 0.389 e. The maximum atomic E-state index is 10.5. The van der Waals surface area contributed by atoms with E-state index >= 15 is 0 Å². The first-order valence-electron chi connectivity index (χ1n) is 6.97. The summed E-state index contributed by atoms with van der Waals surface area (Å²) in [7, 11) is 0. The van der Waals surface area contributed by atoms with Crippen LogP contribution in [0.15, 0.2) is 12.3 Å². The Hall–Kier alpha value is -0.830. The molecule has 104 valence electrons. The molecule has 1 unspecified atom stereocenters. The second-order valence-electron chi connectivity index (χ2n) is 6.46. The van der Waals surface area contributed by atoms with Crippen molar-refractivity contribution in [2.24, 2.45) is 5.41 Å². The molecule has 0 saturated carbocycles. The summed E-state index contributed by atoms with van der Waals surface area (Å²) < 4.78 is 2.04. The van der Waals surface area contributed by atoms with Crippen LogP contribution in [0.5, 0.6) is 0 Å². The fourth-order valence-electron chi connectivity index (χ4n) is 1.96. The summed E-state index contributed by atoms with van der Waals surface area (Å²) in [5.74, 6) is 0. The van der Waals surface area contributed by atoms with Crippen molar-refractivity contribution in [3.63, 3.8) is 0 Å². The lowest BCUT2D eigenvalue weighted by molar-refractivity contribution is -0.0414. The van der Waals surface area contributed by atoms with Gasteiger partial charge < -0.3 is 5.11 Å². The van der Waals surface area contributed by atoms with Crippen LogP contribution in [-0.2, 0) is 6.42 Å². The lowest BCUT2D eigenvalue weighted by Gasteiger charge is -2.36. The van der Waals surface area contributed by atoms with Crippen LogP contribution >= 0.6 is 0 Å². The Morgan fingerprint density at radius 2 is 1.78 bits per heavy atom. The summed E-state index contributed by atoms with van der Waals surface area (Å²) in [4.78, 5) is 0. The zero-order valence-corrected chi connectivity index (χ0v) is 12.7. The number of hydrogen-bond donors (Lipinski definition) is 1. The maximum absolute atomic E-state index is 10.5. The Labute approximate surface area is 111 Å². The van der Waals surface area contributed by atoms with Crippen molar-refractivity contribution in [3.8, 4) is 0 Å². The normalized spacial score (nSPS) is 16.0. The molecular weight excluding hydrogens is 224 g/mol. The quantitative estimate of drug-likeness (QED) is 0.869. The molecule has 0 fully saturated rings. The van der Waals surface area contributed by atoms with Gasteiger partial charge in [-0.05, 0) is 31.2 Å². The molecule has 0 aliphatic rings. The van der Waals surface area contributed by atoms with Gasteiger partial charge in [0.05, 0.1) is 17.3 Å². The van der Waals surface area contributed by atoms with Crippen LogP contribution in [0.4, 0.5) is 0 Å². The van der Waals surface area contributed by atoms with E-state index in [4.69, 9.17) is 0 Å². The van der Waals surface area contributed by atoms with Gasteiger partial charge in [-0.25, -0.2) is 0 Å². The lowest BCUT2D eigenvalue weighted by Crippen LogP contribution is -2.41. The van der Waals surface area contributed by atoms with Crippen LogP contribution in [-0.4, -0.2) is 20.5 Å². The number of nitrogens with zero attached hydrogens (tertiary/aromatic N) is 2. The van der Waals surface area contributed by atoms with E-state index in [-0.39, 0.29) is 5.41 Å². The molecule has 3 heteroatoms.